The highest BCUT2D eigenvalue weighted by Crippen LogP contribution is 2.42. The van der Waals surface area contributed by atoms with Gasteiger partial charge < -0.3 is 0 Å². The van der Waals surface area contributed by atoms with E-state index in [0.29, 0.717) is 0 Å². The van der Waals surface area contributed by atoms with Crippen molar-refractivity contribution in [1.82, 2.24) is 4.98 Å². The molecule has 0 atom stereocenters. The molecular weight excluding hydrogens is 450 g/mol. The van der Waals surface area contributed by atoms with E-state index in [0.717, 1.165) is 13.1 Å². The Balaban J connectivity index is 1.96. The van der Waals surface area contributed by atoms with Gasteiger partial charge in [-0.1, -0.05) is 12.1 Å². The Morgan fingerprint density at radius 1 is 0.762 bits per heavy atom. The number of hydrogen-bond acceptors (Lipinski definition) is 4. The smallest absolute Gasteiger partial charge is 0.0905 e. The predicted molar refractivity (Wildman–Crippen MR) is 102 cm³/mol. The van der Waals surface area contributed by atoms with Gasteiger partial charge in [-0.2, -0.15) is 0 Å². The lowest BCUT2D eigenvalue weighted by Gasteiger charge is -2.04. The molecule has 0 spiro atoms. The third-order valence-electron chi connectivity index (χ3n) is 3.16. The molecule has 1 nitrogen and oxygen atoms in total. The van der Waals surface area contributed by atoms with Crippen LogP contribution in [0.5, 0.6) is 0 Å². The van der Waals surface area contributed by atoms with Gasteiger partial charge in [-0.3, -0.25) is 0 Å². The summed E-state index contributed by atoms with van der Waals surface area (Å²) in [5.41, 5.74) is 5.50. The van der Waals surface area contributed by atoms with Crippen LogP contribution in [-0.4, -0.2) is 4.98 Å². The van der Waals surface area contributed by atoms with Crippen molar-refractivity contribution in [2.45, 2.75) is 0 Å². The highest BCUT2D eigenvalue weighted by Gasteiger charge is 2.14. The zero-order valence-corrected chi connectivity index (χ0v) is 16.1. The van der Waals surface area contributed by atoms with Gasteiger partial charge in [0.15, 0.2) is 0 Å². The van der Waals surface area contributed by atoms with Gasteiger partial charge in [0.05, 0.1) is 23.3 Å². The molecule has 0 unspecified atom stereocenters. The van der Waals surface area contributed by atoms with E-state index in [1.54, 1.807) is 34.0 Å². The fourth-order valence-corrected chi connectivity index (χ4v) is 6.00. The zero-order chi connectivity index (χ0) is 14.4. The Hall–Kier alpha value is -0.530. The first-order valence-corrected chi connectivity index (χ1v) is 10.2. The van der Waals surface area contributed by atoms with Crippen LogP contribution in [0.25, 0.3) is 31.1 Å². The third kappa shape index (κ3) is 2.53. The normalized spacial score (nSPS) is 11.3. The molecular formula is C15H7Br2NS3. The van der Waals surface area contributed by atoms with Gasteiger partial charge >= 0.3 is 0 Å². The summed E-state index contributed by atoms with van der Waals surface area (Å²) >= 11 is 12.3. The molecule has 3 aromatic heterocycles. The molecule has 3 heterocycles. The van der Waals surface area contributed by atoms with Crippen LogP contribution in [0.2, 0.25) is 0 Å². The molecule has 6 heteroatoms. The highest BCUT2D eigenvalue weighted by atomic mass is 79.9. The van der Waals surface area contributed by atoms with Crippen molar-refractivity contribution in [3.63, 3.8) is 0 Å². The summed E-state index contributed by atoms with van der Waals surface area (Å²) in [5, 5.41) is 0. The minimum atomic E-state index is 1.09. The fourth-order valence-electron chi connectivity index (χ4n) is 2.26. The maximum Gasteiger partial charge on any atom is 0.0905 e. The van der Waals surface area contributed by atoms with E-state index in [-0.39, 0.29) is 0 Å². The van der Waals surface area contributed by atoms with Crippen LogP contribution in [0.15, 0.2) is 49.5 Å². The van der Waals surface area contributed by atoms with Crippen molar-refractivity contribution >= 4 is 76.1 Å². The molecule has 0 saturated heterocycles. The summed E-state index contributed by atoms with van der Waals surface area (Å²) in [6.07, 6.45) is 0. The number of nitrogens with zero attached hydrogens (tertiary/aromatic N) is 1. The average Bonchev–Trinajstić information content (AvgIpc) is 3.18. The lowest BCUT2D eigenvalue weighted by atomic mass is 10.1. The number of thiazole rings is 1. The van der Waals surface area contributed by atoms with E-state index in [9.17, 15) is 0 Å². The molecule has 0 aliphatic heterocycles. The van der Waals surface area contributed by atoms with Crippen molar-refractivity contribution < 1.29 is 0 Å². The van der Waals surface area contributed by atoms with Crippen molar-refractivity contribution in [2.24, 2.45) is 0 Å². The van der Waals surface area contributed by atoms with E-state index in [1.165, 1.54) is 25.6 Å². The molecule has 0 amide bonds. The first-order chi connectivity index (χ1) is 10.2. The molecule has 0 aliphatic rings. The number of rotatable bonds is 2. The molecule has 0 N–H and O–H groups in total. The van der Waals surface area contributed by atoms with Crippen molar-refractivity contribution in [2.75, 3.05) is 0 Å². The molecule has 0 saturated carbocycles. The molecule has 104 valence electrons. The van der Waals surface area contributed by atoms with Gasteiger partial charge in [0, 0.05) is 20.9 Å². The molecule has 4 aromatic rings. The highest BCUT2D eigenvalue weighted by molar-refractivity contribution is 9.11. The molecule has 0 fully saturated rings. The summed E-state index contributed by atoms with van der Waals surface area (Å²) in [5.74, 6) is 0. The number of hydrogen-bond donors (Lipinski definition) is 0. The maximum absolute atomic E-state index is 4.60. The van der Waals surface area contributed by atoms with Gasteiger partial charge in [0.2, 0.25) is 0 Å². The van der Waals surface area contributed by atoms with Crippen LogP contribution in [0, 0.1) is 0 Å². The minimum absolute atomic E-state index is 1.09. The van der Waals surface area contributed by atoms with Crippen molar-refractivity contribution in [1.29, 1.82) is 0 Å². The number of benzene rings is 1. The van der Waals surface area contributed by atoms with E-state index in [2.05, 4.69) is 73.2 Å². The minimum Gasteiger partial charge on any atom is -0.244 e. The number of fused-ring (bicyclic) bond motifs is 1. The molecule has 21 heavy (non-hydrogen) atoms. The second-order valence-electron chi connectivity index (χ2n) is 4.40. The van der Waals surface area contributed by atoms with E-state index < -0.39 is 0 Å². The van der Waals surface area contributed by atoms with Crippen molar-refractivity contribution in [3.05, 3.63) is 49.5 Å². The van der Waals surface area contributed by atoms with Crippen LogP contribution in [-0.2, 0) is 0 Å². The van der Waals surface area contributed by atoms with Crippen LogP contribution >= 0.6 is 65.9 Å². The summed E-state index contributed by atoms with van der Waals surface area (Å²) in [6.45, 7) is 0. The van der Waals surface area contributed by atoms with Crippen LogP contribution in [0.3, 0.4) is 0 Å². The summed E-state index contributed by atoms with van der Waals surface area (Å²) in [4.78, 5) is 7.12. The largest absolute Gasteiger partial charge is 0.244 e. The second-order valence-corrected chi connectivity index (χ2v) is 10.2. The standard InChI is InChI=1S/C15H7Br2NS3/c16-12-5-3-10(20-12)8-1-2-9(11-4-6-13(17)21-11)15-14(8)18-7-19-15/h1-7H. The Labute approximate surface area is 150 Å². The van der Waals surface area contributed by atoms with E-state index in [1.807, 2.05) is 5.51 Å². The maximum atomic E-state index is 4.60. The van der Waals surface area contributed by atoms with Gasteiger partial charge in [-0.05, 0) is 56.1 Å². The Morgan fingerprint density at radius 2 is 1.38 bits per heavy atom. The van der Waals surface area contributed by atoms with Gasteiger partial charge in [-0.15, -0.1) is 34.0 Å². The SMILES string of the molecule is Brc1ccc(-c2ccc(-c3ccc(Br)s3)c3scnc23)s1. The number of thiophene rings is 2. The van der Waals surface area contributed by atoms with Gasteiger partial charge in [0.1, 0.15) is 0 Å². The molecule has 4 rings (SSSR count). The lowest BCUT2D eigenvalue weighted by Crippen LogP contribution is -1.80. The van der Waals surface area contributed by atoms with E-state index >= 15 is 0 Å². The first-order valence-electron chi connectivity index (χ1n) is 6.10. The molecule has 0 bridgehead atoms. The number of aromatic nitrogens is 1. The Kier molecular flexibility index (Phi) is 3.75. The lowest BCUT2D eigenvalue weighted by molar-refractivity contribution is 1.50. The third-order valence-corrected chi connectivity index (χ3v) is 7.33. The molecule has 1 aromatic carbocycles. The zero-order valence-electron chi connectivity index (χ0n) is 10.5. The number of halogens is 2. The predicted octanol–water partition coefficient (Wildman–Crippen LogP) is 7.28. The fraction of sp³-hybridized carbons (Fsp3) is 0. The summed E-state index contributed by atoms with van der Waals surface area (Å²) in [7, 11) is 0. The van der Waals surface area contributed by atoms with Gasteiger partial charge in [-0.25, -0.2) is 4.98 Å². The Bertz CT molecular complexity index is 861. The quantitative estimate of drug-likeness (QED) is 0.308. The first kappa shape index (κ1) is 14.1. The summed E-state index contributed by atoms with van der Waals surface area (Å²) < 4.78 is 3.56. The van der Waals surface area contributed by atoms with Crippen LogP contribution in [0.4, 0.5) is 0 Å². The molecule has 0 radical (unpaired) electrons. The topological polar surface area (TPSA) is 12.9 Å². The van der Waals surface area contributed by atoms with Crippen LogP contribution in [0.1, 0.15) is 0 Å². The van der Waals surface area contributed by atoms with E-state index in [4.69, 9.17) is 0 Å². The van der Waals surface area contributed by atoms with Gasteiger partial charge in [0.25, 0.3) is 0 Å². The van der Waals surface area contributed by atoms with Crippen molar-refractivity contribution in [3.8, 4) is 20.9 Å². The Morgan fingerprint density at radius 3 is 2.00 bits per heavy atom. The van der Waals surface area contributed by atoms with Crippen LogP contribution < -0.4 is 0 Å². The second kappa shape index (κ2) is 5.59. The monoisotopic (exact) mass is 455 g/mol. The molecule has 0 aliphatic carbocycles. The average molecular weight is 457 g/mol. The summed E-state index contributed by atoms with van der Waals surface area (Å²) in [6, 6.07) is 12.9.